The summed E-state index contributed by atoms with van der Waals surface area (Å²) in [4.78, 5) is 17.6. The van der Waals surface area contributed by atoms with Crippen LogP contribution in [0.15, 0.2) is 47.5 Å². The first-order valence-electron chi connectivity index (χ1n) is 7.98. The van der Waals surface area contributed by atoms with Gasteiger partial charge in [-0.1, -0.05) is 29.3 Å². The Hall–Kier alpha value is -2.00. The lowest BCUT2D eigenvalue weighted by Gasteiger charge is -2.27. The zero-order valence-electron chi connectivity index (χ0n) is 14.0. The number of hydrogen-bond acceptors (Lipinski definition) is 5. The summed E-state index contributed by atoms with van der Waals surface area (Å²) in [5, 5.41) is 3.63. The van der Waals surface area contributed by atoms with Crippen LogP contribution in [-0.4, -0.2) is 42.5 Å². The SMILES string of the molecule is Cc1ccc(S(=O)(=O)O)cc1.O=C1[C@@H]2C[C@@H](CN2)N1c1ccc(Cl)nc1. The van der Waals surface area contributed by atoms with Gasteiger partial charge in [0.2, 0.25) is 5.91 Å². The number of halogens is 1. The number of aryl methyl sites for hydroxylation is 1. The standard InChI is InChI=1S/C10H10ClN3O.C7H8O3S/c11-9-2-1-6(4-13-9)14-7-3-8(10(14)15)12-5-7;1-6-2-4-7(5-3-6)11(8,9)10/h1-2,4,7-8,12H,3,5H2;2-5H,1H3,(H,8,9,10)/t7-,8-;/m0./s1. The first-order valence-corrected chi connectivity index (χ1v) is 9.79. The minimum absolute atomic E-state index is 0.00526. The van der Waals surface area contributed by atoms with Crippen molar-refractivity contribution in [1.29, 1.82) is 0 Å². The number of fused-ring (bicyclic) bond motifs is 2. The molecule has 138 valence electrons. The summed E-state index contributed by atoms with van der Waals surface area (Å²) < 4.78 is 29.6. The molecule has 7 nitrogen and oxygen atoms in total. The lowest BCUT2D eigenvalue weighted by atomic mass is 10.2. The van der Waals surface area contributed by atoms with E-state index in [1.54, 1.807) is 24.4 Å². The molecule has 1 aromatic heterocycles. The molecule has 26 heavy (non-hydrogen) atoms. The fraction of sp³-hybridized carbons (Fsp3) is 0.294. The number of benzene rings is 1. The summed E-state index contributed by atoms with van der Waals surface area (Å²) in [7, 11) is -4.02. The fourth-order valence-corrected chi connectivity index (χ4v) is 3.60. The predicted octanol–water partition coefficient (Wildman–Crippen LogP) is 2.05. The van der Waals surface area contributed by atoms with Crippen molar-refractivity contribution in [2.24, 2.45) is 0 Å². The third-order valence-corrected chi connectivity index (χ3v) is 5.41. The quantitative estimate of drug-likeness (QED) is 0.596. The van der Waals surface area contributed by atoms with Gasteiger partial charge in [0.1, 0.15) is 5.15 Å². The molecule has 2 atom stereocenters. The molecule has 0 saturated carbocycles. The van der Waals surface area contributed by atoms with Crippen LogP contribution < -0.4 is 10.2 Å². The molecule has 2 fully saturated rings. The van der Waals surface area contributed by atoms with E-state index < -0.39 is 10.1 Å². The van der Waals surface area contributed by atoms with E-state index in [4.69, 9.17) is 16.2 Å². The molecule has 0 radical (unpaired) electrons. The molecule has 2 saturated heterocycles. The second kappa shape index (κ2) is 7.32. The molecule has 2 aliphatic rings. The van der Waals surface area contributed by atoms with Crippen molar-refractivity contribution in [3.05, 3.63) is 53.3 Å². The van der Waals surface area contributed by atoms with E-state index in [-0.39, 0.29) is 22.9 Å². The smallest absolute Gasteiger partial charge is 0.294 e. The Morgan fingerprint density at radius 3 is 2.42 bits per heavy atom. The average molecular weight is 396 g/mol. The summed E-state index contributed by atoms with van der Waals surface area (Å²) in [6, 6.07) is 9.83. The minimum atomic E-state index is -4.02. The molecule has 2 bridgehead atoms. The highest BCUT2D eigenvalue weighted by atomic mass is 35.5. The van der Waals surface area contributed by atoms with E-state index in [0.29, 0.717) is 5.15 Å². The Morgan fingerprint density at radius 1 is 1.23 bits per heavy atom. The van der Waals surface area contributed by atoms with Gasteiger partial charge < -0.3 is 10.2 Å². The van der Waals surface area contributed by atoms with Crippen molar-refractivity contribution in [2.45, 2.75) is 30.3 Å². The van der Waals surface area contributed by atoms with Crippen LogP contribution >= 0.6 is 11.6 Å². The average Bonchev–Trinajstić information content (AvgIpc) is 3.17. The number of pyridine rings is 1. The second-order valence-electron chi connectivity index (χ2n) is 6.19. The second-order valence-corrected chi connectivity index (χ2v) is 7.99. The Morgan fingerprint density at radius 2 is 1.92 bits per heavy atom. The van der Waals surface area contributed by atoms with Crippen molar-refractivity contribution in [3.63, 3.8) is 0 Å². The van der Waals surface area contributed by atoms with E-state index >= 15 is 0 Å². The molecule has 9 heteroatoms. The zero-order chi connectivity index (χ0) is 18.9. The van der Waals surface area contributed by atoms with Gasteiger partial charge in [0, 0.05) is 6.54 Å². The number of piperazine rings is 1. The van der Waals surface area contributed by atoms with Crippen LogP contribution in [0.3, 0.4) is 0 Å². The number of anilines is 1. The summed E-state index contributed by atoms with van der Waals surface area (Å²) in [5.74, 6) is 0.148. The molecule has 3 heterocycles. The molecular weight excluding hydrogens is 378 g/mol. The molecular formula is C17H18ClN3O4S. The summed E-state index contributed by atoms with van der Waals surface area (Å²) >= 11 is 5.71. The number of carbonyl (C=O) groups excluding carboxylic acids is 1. The van der Waals surface area contributed by atoms with Crippen molar-refractivity contribution >= 4 is 33.3 Å². The van der Waals surface area contributed by atoms with Crippen molar-refractivity contribution in [1.82, 2.24) is 10.3 Å². The number of rotatable bonds is 2. The summed E-state index contributed by atoms with van der Waals surface area (Å²) in [6.07, 6.45) is 2.56. The number of amides is 1. The van der Waals surface area contributed by atoms with Gasteiger partial charge in [-0.05, 0) is 37.6 Å². The Balaban J connectivity index is 0.000000160. The van der Waals surface area contributed by atoms with Gasteiger partial charge in [-0.3, -0.25) is 9.35 Å². The highest BCUT2D eigenvalue weighted by Gasteiger charge is 2.45. The largest absolute Gasteiger partial charge is 0.305 e. The number of carbonyl (C=O) groups is 1. The van der Waals surface area contributed by atoms with Crippen LogP contribution in [0.4, 0.5) is 5.69 Å². The van der Waals surface area contributed by atoms with E-state index in [1.165, 1.54) is 12.1 Å². The first kappa shape index (κ1) is 18.8. The van der Waals surface area contributed by atoms with Crippen LogP contribution in [0.5, 0.6) is 0 Å². The van der Waals surface area contributed by atoms with Crippen LogP contribution in [0.2, 0.25) is 5.15 Å². The topological polar surface area (TPSA) is 99.6 Å². The van der Waals surface area contributed by atoms with E-state index in [1.807, 2.05) is 17.9 Å². The Kier molecular flexibility index (Phi) is 5.29. The molecule has 0 aliphatic carbocycles. The highest BCUT2D eigenvalue weighted by Crippen LogP contribution is 2.30. The first-order chi connectivity index (χ1) is 12.3. The minimum Gasteiger partial charge on any atom is -0.305 e. The molecule has 2 N–H and O–H groups in total. The highest BCUT2D eigenvalue weighted by molar-refractivity contribution is 7.85. The monoisotopic (exact) mass is 395 g/mol. The van der Waals surface area contributed by atoms with Gasteiger partial charge in [-0.25, -0.2) is 4.98 Å². The number of aromatic nitrogens is 1. The van der Waals surface area contributed by atoms with Crippen LogP contribution in [0.25, 0.3) is 0 Å². The normalized spacial score (nSPS) is 21.5. The molecule has 1 aromatic carbocycles. The number of nitrogens with zero attached hydrogens (tertiary/aromatic N) is 2. The number of nitrogens with one attached hydrogen (secondary N) is 1. The van der Waals surface area contributed by atoms with Gasteiger partial charge >= 0.3 is 0 Å². The molecule has 4 rings (SSSR count). The van der Waals surface area contributed by atoms with Crippen LogP contribution in [0, 0.1) is 6.92 Å². The van der Waals surface area contributed by atoms with Crippen molar-refractivity contribution < 1.29 is 17.8 Å². The third-order valence-electron chi connectivity index (χ3n) is 4.32. The van der Waals surface area contributed by atoms with Crippen molar-refractivity contribution in [2.75, 3.05) is 11.4 Å². The fourth-order valence-electron chi connectivity index (χ4n) is 3.01. The van der Waals surface area contributed by atoms with Gasteiger partial charge in [-0.15, -0.1) is 0 Å². The lowest BCUT2D eigenvalue weighted by molar-refractivity contribution is -0.119. The van der Waals surface area contributed by atoms with Crippen LogP contribution in [0.1, 0.15) is 12.0 Å². The third kappa shape index (κ3) is 4.04. The molecule has 0 spiro atoms. The Labute approximate surface area is 156 Å². The molecule has 2 aliphatic heterocycles. The predicted molar refractivity (Wildman–Crippen MR) is 97.9 cm³/mol. The van der Waals surface area contributed by atoms with E-state index in [9.17, 15) is 13.2 Å². The van der Waals surface area contributed by atoms with Gasteiger partial charge in [0.15, 0.2) is 0 Å². The molecule has 0 unspecified atom stereocenters. The summed E-state index contributed by atoms with van der Waals surface area (Å²) in [6.45, 7) is 2.72. The Bertz CT molecular complexity index is 901. The molecule has 1 amide bonds. The van der Waals surface area contributed by atoms with Gasteiger partial charge in [0.25, 0.3) is 10.1 Å². The maximum atomic E-state index is 11.9. The lowest BCUT2D eigenvalue weighted by Crippen LogP contribution is -2.48. The summed E-state index contributed by atoms with van der Waals surface area (Å²) in [5.41, 5.74) is 1.80. The van der Waals surface area contributed by atoms with Crippen molar-refractivity contribution in [3.8, 4) is 0 Å². The van der Waals surface area contributed by atoms with Gasteiger partial charge in [-0.2, -0.15) is 8.42 Å². The zero-order valence-corrected chi connectivity index (χ0v) is 15.5. The maximum absolute atomic E-state index is 11.9. The molecule has 2 aromatic rings. The van der Waals surface area contributed by atoms with E-state index in [2.05, 4.69) is 10.3 Å². The maximum Gasteiger partial charge on any atom is 0.294 e. The van der Waals surface area contributed by atoms with E-state index in [0.717, 1.165) is 24.2 Å². The van der Waals surface area contributed by atoms with Gasteiger partial charge in [0.05, 0.1) is 28.9 Å². The van der Waals surface area contributed by atoms with Crippen LogP contribution in [-0.2, 0) is 14.9 Å². The number of hydrogen-bond donors (Lipinski definition) is 2.